The largest absolute Gasteiger partial charge is 0.462 e. The summed E-state index contributed by atoms with van der Waals surface area (Å²) in [5.74, 6) is -0.955. The van der Waals surface area contributed by atoms with Crippen molar-refractivity contribution in [1.29, 1.82) is 0 Å². The first-order valence-corrected chi connectivity index (χ1v) is 32.7. The van der Waals surface area contributed by atoms with Gasteiger partial charge in [0, 0.05) is 19.3 Å². The van der Waals surface area contributed by atoms with Gasteiger partial charge < -0.3 is 14.2 Å². The van der Waals surface area contributed by atoms with E-state index < -0.39 is 6.10 Å². The normalized spacial score (nSPS) is 13.0. The summed E-state index contributed by atoms with van der Waals surface area (Å²) in [6, 6.07) is 0. The molecule has 1 atom stereocenters. The van der Waals surface area contributed by atoms with Gasteiger partial charge in [-0.2, -0.15) is 0 Å². The molecule has 0 fully saturated rings. The first-order chi connectivity index (χ1) is 39.0. The van der Waals surface area contributed by atoms with E-state index >= 15 is 0 Å². The maximum absolute atomic E-state index is 12.9. The molecule has 0 aliphatic rings. The van der Waals surface area contributed by atoms with Crippen LogP contribution in [0.1, 0.15) is 290 Å². The van der Waals surface area contributed by atoms with E-state index in [1.54, 1.807) is 0 Å². The summed E-state index contributed by atoms with van der Waals surface area (Å²) in [5.41, 5.74) is 0. The van der Waals surface area contributed by atoms with Gasteiger partial charge in [-0.1, -0.05) is 264 Å². The van der Waals surface area contributed by atoms with Crippen molar-refractivity contribution in [3.05, 3.63) is 134 Å². The van der Waals surface area contributed by atoms with Crippen molar-refractivity contribution >= 4 is 17.9 Å². The molecular weight excluding hydrogens is 973 g/mol. The molecule has 0 heterocycles. The highest BCUT2D eigenvalue weighted by atomic mass is 16.6. The lowest BCUT2D eigenvalue weighted by Crippen LogP contribution is -2.30. The van der Waals surface area contributed by atoms with Crippen molar-refractivity contribution in [3.63, 3.8) is 0 Å². The van der Waals surface area contributed by atoms with Crippen molar-refractivity contribution in [2.45, 2.75) is 297 Å². The molecule has 0 aliphatic heterocycles. The molecule has 0 bridgehead atoms. The first kappa shape index (κ1) is 74.5. The van der Waals surface area contributed by atoms with Crippen LogP contribution >= 0.6 is 0 Å². The predicted octanol–water partition coefficient (Wildman–Crippen LogP) is 22.5. The molecule has 0 saturated carbocycles. The standard InChI is InChI=1S/C73H120O6/c1-4-7-10-13-16-19-22-25-28-30-32-33-34-35-36-37-38-39-41-42-45-48-51-54-57-60-63-66-72(75)78-69-70(68-77-71(74)65-62-59-56-53-50-47-44-27-24-21-18-15-12-9-6-3)79-73(76)67-64-61-58-55-52-49-46-43-40-31-29-26-23-20-17-14-11-8-5-2/h7,10,16-17,19-20,25-29,32-33,35-36,38-39,42,44-45,51,54,70H,4-6,8-9,11-15,18,21-24,30-31,34,37,40-41,43,46-50,52-53,55-69H2,1-3H3/b10-7-,19-16-,20-17-,28-25-,29-26-,33-32-,36-35-,39-38-,44-27-,45-42-,54-51-. The van der Waals surface area contributed by atoms with Crippen LogP contribution < -0.4 is 0 Å². The molecule has 0 aromatic heterocycles. The SMILES string of the molecule is CC/C=C\C/C=C\C/C=C\C/C=C\C/C=C\C/C=C\C/C=C\C/C=C\CCCCC(=O)OCC(COC(=O)CCCCCCC/C=C\CCCCCCCC)OC(=O)CCCCCCCCCCC/C=C\C/C=C\CCCCC. The smallest absolute Gasteiger partial charge is 0.306 e. The zero-order chi connectivity index (χ0) is 57.1. The molecule has 0 radical (unpaired) electrons. The second kappa shape index (κ2) is 66.1. The van der Waals surface area contributed by atoms with E-state index in [2.05, 4.69) is 154 Å². The van der Waals surface area contributed by atoms with Crippen molar-refractivity contribution in [1.82, 2.24) is 0 Å². The van der Waals surface area contributed by atoms with Gasteiger partial charge >= 0.3 is 17.9 Å². The highest BCUT2D eigenvalue weighted by Gasteiger charge is 2.19. The van der Waals surface area contributed by atoms with Crippen LogP contribution in [-0.4, -0.2) is 37.2 Å². The molecule has 79 heavy (non-hydrogen) atoms. The summed E-state index contributed by atoms with van der Waals surface area (Å²) in [7, 11) is 0. The molecule has 6 nitrogen and oxygen atoms in total. The topological polar surface area (TPSA) is 78.9 Å². The molecule has 6 heteroatoms. The summed E-state index contributed by atoms with van der Waals surface area (Å²) in [5, 5.41) is 0. The van der Waals surface area contributed by atoms with Crippen molar-refractivity contribution < 1.29 is 28.6 Å². The van der Waals surface area contributed by atoms with Crippen molar-refractivity contribution in [3.8, 4) is 0 Å². The van der Waals surface area contributed by atoms with E-state index in [1.165, 1.54) is 122 Å². The van der Waals surface area contributed by atoms with E-state index in [0.717, 1.165) is 122 Å². The molecule has 0 saturated heterocycles. The number of allylic oxidation sites excluding steroid dienone is 22. The number of unbranched alkanes of at least 4 members (excludes halogenated alkanes) is 25. The molecule has 0 N–H and O–H groups in total. The molecule has 0 spiro atoms. The number of hydrogen-bond donors (Lipinski definition) is 0. The fourth-order valence-corrected chi connectivity index (χ4v) is 8.72. The average molecular weight is 1090 g/mol. The van der Waals surface area contributed by atoms with E-state index in [4.69, 9.17) is 14.2 Å². The van der Waals surface area contributed by atoms with Crippen LogP contribution in [0, 0.1) is 0 Å². The lowest BCUT2D eigenvalue weighted by molar-refractivity contribution is -0.167. The third kappa shape index (κ3) is 64.3. The average Bonchev–Trinajstić information content (AvgIpc) is 3.45. The lowest BCUT2D eigenvalue weighted by atomic mass is 10.1. The van der Waals surface area contributed by atoms with E-state index in [9.17, 15) is 14.4 Å². The molecule has 0 rings (SSSR count). The van der Waals surface area contributed by atoms with Crippen LogP contribution in [0.4, 0.5) is 0 Å². The highest BCUT2D eigenvalue weighted by Crippen LogP contribution is 2.15. The summed E-state index contributed by atoms with van der Waals surface area (Å²) >= 11 is 0. The Bertz CT molecular complexity index is 1680. The highest BCUT2D eigenvalue weighted by molar-refractivity contribution is 5.71. The van der Waals surface area contributed by atoms with Gasteiger partial charge in [-0.05, 0) is 141 Å². The third-order valence-corrected chi connectivity index (χ3v) is 13.6. The van der Waals surface area contributed by atoms with Gasteiger partial charge in [0.05, 0.1) is 0 Å². The summed E-state index contributed by atoms with van der Waals surface area (Å²) < 4.78 is 16.9. The number of rotatable bonds is 58. The minimum absolute atomic E-state index is 0.101. The van der Waals surface area contributed by atoms with Crippen molar-refractivity contribution in [2.75, 3.05) is 13.2 Å². The number of esters is 3. The minimum atomic E-state index is -0.808. The van der Waals surface area contributed by atoms with Gasteiger partial charge in [-0.25, -0.2) is 0 Å². The van der Waals surface area contributed by atoms with Gasteiger partial charge in [-0.3, -0.25) is 14.4 Å². The minimum Gasteiger partial charge on any atom is -0.462 e. The van der Waals surface area contributed by atoms with E-state index in [0.29, 0.717) is 25.7 Å². The second-order valence-corrected chi connectivity index (χ2v) is 21.3. The molecule has 0 aromatic rings. The Hall–Kier alpha value is -4.45. The zero-order valence-electron chi connectivity index (χ0n) is 51.3. The van der Waals surface area contributed by atoms with Crippen LogP contribution in [0.25, 0.3) is 0 Å². The Balaban J connectivity index is 4.47. The Morgan fingerprint density at radius 3 is 0.835 bits per heavy atom. The maximum atomic E-state index is 12.9. The summed E-state index contributed by atoms with van der Waals surface area (Å²) in [6.07, 6.45) is 93.1. The molecule has 1 unspecified atom stereocenters. The molecule has 0 amide bonds. The molecule has 448 valence electrons. The fraction of sp³-hybridized carbons (Fsp3) is 0.658. The number of ether oxygens (including phenoxy) is 3. The van der Waals surface area contributed by atoms with Crippen LogP contribution in [-0.2, 0) is 28.6 Å². The number of carbonyl (C=O) groups excluding carboxylic acids is 3. The third-order valence-electron chi connectivity index (χ3n) is 13.6. The van der Waals surface area contributed by atoms with Gasteiger partial charge in [0.1, 0.15) is 13.2 Å². The van der Waals surface area contributed by atoms with Crippen LogP contribution in [0.2, 0.25) is 0 Å². The number of carbonyl (C=O) groups is 3. The Morgan fingerprint density at radius 2 is 0.494 bits per heavy atom. The van der Waals surface area contributed by atoms with Gasteiger partial charge in [0.25, 0.3) is 0 Å². The maximum Gasteiger partial charge on any atom is 0.306 e. The molecular formula is C73H120O6. The number of hydrogen-bond acceptors (Lipinski definition) is 6. The Labute approximate surface area is 487 Å². The van der Waals surface area contributed by atoms with Gasteiger partial charge in [0.15, 0.2) is 6.10 Å². The van der Waals surface area contributed by atoms with Crippen LogP contribution in [0.15, 0.2) is 134 Å². The van der Waals surface area contributed by atoms with Gasteiger partial charge in [0.2, 0.25) is 0 Å². The molecule has 0 aromatic carbocycles. The quantitative estimate of drug-likeness (QED) is 0.0261. The van der Waals surface area contributed by atoms with E-state index in [-0.39, 0.29) is 31.1 Å². The zero-order valence-corrected chi connectivity index (χ0v) is 51.3. The summed E-state index contributed by atoms with van der Waals surface area (Å²) in [6.45, 7) is 6.46. The van der Waals surface area contributed by atoms with Gasteiger partial charge in [-0.15, -0.1) is 0 Å². The van der Waals surface area contributed by atoms with Crippen LogP contribution in [0.3, 0.4) is 0 Å². The molecule has 0 aliphatic carbocycles. The summed E-state index contributed by atoms with van der Waals surface area (Å²) in [4.78, 5) is 38.3. The first-order valence-electron chi connectivity index (χ1n) is 32.7. The van der Waals surface area contributed by atoms with Crippen LogP contribution in [0.5, 0.6) is 0 Å². The Morgan fingerprint density at radius 1 is 0.266 bits per heavy atom. The fourth-order valence-electron chi connectivity index (χ4n) is 8.72. The lowest BCUT2D eigenvalue weighted by Gasteiger charge is -2.18. The monoisotopic (exact) mass is 1090 g/mol. The Kier molecular flexibility index (Phi) is 62.3. The van der Waals surface area contributed by atoms with E-state index in [1.807, 2.05) is 0 Å². The predicted molar refractivity (Wildman–Crippen MR) is 343 cm³/mol. The second-order valence-electron chi connectivity index (χ2n) is 21.3. The van der Waals surface area contributed by atoms with Crippen molar-refractivity contribution in [2.24, 2.45) is 0 Å².